The monoisotopic (exact) mass is 239 g/mol. The molecular weight excluding hydrogens is 222 g/mol. The van der Waals surface area contributed by atoms with E-state index in [0.29, 0.717) is 19.0 Å². The fourth-order valence-corrected chi connectivity index (χ4v) is 2.85. The molecular formula is C11H17N3OS. The zero-order valence-electron chi connectivity index (χ0n) is 9.19. The van der Waals surface area contributed by atoms with E-state index in [0.717, 1.165) is 24.3 Å². The fraction of sp³-hybridized carbons (Fsp3) is 0.636. The van der Waals surface area contributed by atoms with Gasteiger partial charge in [0.15, 0.2) is 0 Å². The molecule has 2 atom stereocenters. The van der Waals surface area contributed by atoms with E-state index in [1.54, 1.807) is 17.5 Å². The third-order valence-electron chi connectivity index (χ3n) is 3.20. The zero-order valence-corrected chi connectivity index (χ0v) is 10.0. The van der Waals surface area contributed by atoms with Crippen molar-refractivity contribution in [2.75, 3.05) is 6.54 Å². The molecule has 1 aliphatic rings. The van der Waals surface area contributed by atoms with Gasteiger partial charge in [-0.05, 0) is 25.3 Å². The summed E-state index contributed by atoms with van der Waals surface area (Å²) in [5, 5.41) is 5.82. The van der Waals surface area contributed by atoms with Gasteiger partial charge < -0.3 is 11.1 Å². The molecule has 1 aromatic heterocycles. The predicted molar refractivity (Wildman–Crippen MR) is 63.8 cm³/mol. The molecule has 3 N–H and O–H groups in total. The summed E-state index contributed by atoms with van der Waals surface area (Å²) in [5.74, 6) is 0.629. The van der Waals surface area contributed by atoms with Gasteiger partial charge in [0, 0.05) is 17.5 Å². The minimum absolute atomic E-state index is 0.116. The average Bonchev–Trinajstić information content (AvgIpc) is 2.96. The quantitative estimate of drug-likeness (QED) is 0.827. The Bertz CT molecular complexity index is 339. The van der Waals surface area contributed by atoms with Gasteiger partial charge in [-0.2, -0.15) is 0 Å². The van der Waals surface area contributed by atoms with E-state index < -0.39 is 0 Å². The first-order valence-electron chi connectivity index (χ1n) is 5.67. The van der Waals surface area contributed by atoms with Crippen molar-refractivity contribution in [2.45, 2.75) is 25.8 Å². The molecule has 5 heteroatoms. The van der Waals surface area contributed by atoms with Gasteiger partial charge in [0.2, 0.25) is 5.91 Å². The van der Waals surface area contributed by atoms with Crippen LogP contribution in [0.5, 0.6) is 0 Å². The number of nitrogens with one attached hydrogen (secondary N) is 1. The van der Waals surface area contributed by atoms with Crippen molar-refractivity contribution < 1.29 is 4.79 Å². The van der Waals surface area contributed by atoms with E-state index in [1.807, 2.05) is 5.38 Å². The standard InChI is InChI=1S/C11H17N3OS/c12-6-8-2-1-3-9(8)11(15)14-7-10-13-4-5-16-10/h4-5,8-9H,1-3,6-7,12H2,(H,14,15)/t8-,9-/m1/s1. The highest BCUT2D eigenvalue weighted by Gasteiger charge is 2.31. The number of carbonyl (C=O) groups excluding carboxylic acids is 1. The Morgan fingerprint density at radius 1 is 1.62 bits per heavy atom. The Hall–Kier alpha value is -0.940. The number of thiazole rings is 1. The molecule has 1 aliphatic carbocycles. The van der Waals surface area contributed by atoms with Crippen LogP contribution in [0.25, 0.3) is 0 Å². The summed E-state index contributed by atoms with van der Waals surface area (Å²) in [5.41, 5.74) is 5.66. The molecule has 0 saturated heterocycles. The van der Waals surface area contributed by atoms with Crippen LogP contribution in [0, 0.1) is 11.8 Å². The Balaban J connectivity index is 1.83. The van der Waals surface area contributed by atoms with Crippen molar-refractivity contribution in [3.63, 3.8) is 0 Å². The smallest absolute Gasteiger partial charge is 0.223 e. The molecule has 16 heavy (non-hydrogen) atoms. The van der Waals surface area contributed by atoms with E-state index in [9.17, 15) is 4.79 Å². The van der Waals surface area contributed by atoms with Gasteiger partial charge in [0.25, 0.3) is 0 Å². The number of nitrogens with two attached hydrogens (primary N) is 1. The molecule has 0 unspecified atom stereocenters. The molecule has 4 nitrogen and oxygen atoms in total. The molecule has 1 heterocycles. The summed E-state index contributed by atoms with van der Waals surface area (Å²) in [7, 11) is 0. The number of nitrogens with zero attached hydrogens (tertiary/aromatic N) is 1. The molecule has 0 bridgehead atoms. The van der Waals surface area contributed by atoms with Gasteiger partial charge in [-0.15, -0.1) is 11.3 Å². The first-order valence-corrected chi connectivity index (χ1v) is 6.55. The maximum absolute atomic E-state index is 11.9. The summed E-state index contributed by atoms with van der Waals surface area (Å²) in [4.78, 5) is 16.1. The van der Waals surface area contributed by atoms with Crippen LogP contribution in [-0.4, -0.2) is 17.4 Å². The lowest BCUT2D eigenvalue weighted by Gasteiger charge is -2.16. The molecule has 1 saturated carbocycles. The predicted octanol–water partition coefficient (Wildman–Crippen LogP) is 1.13. The minimum atomic E-state index is 0.116. The second-order valence-corrected chi connectivity index (χ2v) is 5.16. The molecule has 88 valence electrons. The highest BCUT2D eigenvalue weighted by Crippen LogP contribution is 2.30. The zero-order chi connectivity index (χ0) is 11.4. The number of aromatic nitrogens is 1. The molecule has 1 aromatic rings. The third kappa shape index (κ3) is 2.59. The second-order valence-electron chi connectivity index (χ2n) is 4.18. The van der Waals surface area contributed by atoms with E-state index in [2.05, 4.69) is 10.3 Å². The van der Waals surface area contributed by atoms with Crippen LogP contribution < -0.4 is 11.1 Å². The number of hydrogen-bond donors (Lipinski definition) is 2. The molecule has 0 aliphatic heterocycles. The molecule has 1 amide bonds. The SMILES string of the molecule is NC[C@H]1CCC[C@H]1C(=O)NCc1nccs1. The van der Waals surface area contributed by atoms with Crippen LogP contribution in [0.4, 0.5) is 0 Å². The highest BCUT2D eigenvalue weighted by atomic mass is 32.1. The lowest BCUT2D eigenvalue weighted by atomic mass is 9.95. The summed E-state index contributed by atoms with van der Waals surface area (Å²) < 4.78 is 0. The van der Waals surface area contributed by atoms with Gasteiger partial charge in [-0.25, -0.2) is 4.98 Å². The lowest BCUT2D eigenvalue weighted by Crippen LogP contribution is -2.34. The molecule has 0 aromatic carbocycles. The normalized spacial score (nSPS) is 24.6. The summed E-state index contributed by atoms with van der Waals surface area (Å²) in [6.07, 6.45) is 4.94. The largest absolute Gasteiger partial charge is 0.349 e. The Labute approximate surface area is 99.3 Å². The topological polar surface area (TPSA) is 68.0 Å². The van der Waals surface area contributed by atoms with Crippen molar-refractivity contribution >= 4 is 17.2 Å². The highest BCUT2D eigenvalue weighted by molar-refractivity contribution is 7.09. The second kappa shape index (κ2) is 5.41. The van der Waals surface area contributed by atoms with Crippen molar-refractivity contribution in [1.82, 2.24) is 10.3 Å². The van der Waals surface area contributed by atoms with Crippen molar-refractivity contribution in [3.8, 4) is 0 Å². The fourth-order valence-electron chi connectivity index (χ4n) is 2.30. The summed E-state index contributed by atoms with van der Waals surface area (Å²) in [6.45, 7) is 1.17. The van der Waals surface area contributed by atoms with E-state index in [4.69, 9.17) is 5.73 Å². The Morgan fingerprint density at radius 2 is 2.50 bits per heavy atom. The first kappa shape index (κ1) is 11.5. The molecule has 0 radical (unpaired) electrons. The third-order valence-corrected chi connectivity index (χ3v) is 3.98. The van der Waals surface area contributed by atoms with Crippen molar-refractivity contribution in [3.05, 3.63) is 16.6 Å². The number of amides is 1. The molecule has 2 rings (SSSR count). The van der Waals surface area contributed by atoms with Gasteiger partial charge in [-0.3, -0.25) is 4.79 Å². The van der Waals surface area contributed by atoms with Gasteiger partial charge >= 0.3 is 0 Å². The Morgan fingerprint density at radius 3 is 3.19 bits per heavy atom. The van der Waals surface area contributed by atoms with Crippen molar-refractivity contribution in [2.24, 2.45) is 17.6 Å². The summed E-state index contributed by atoms with van der Waals surface area (Å²) in [6, 6.07) is 0. The summed E-state index contributed by atoms with van der Waals surface area (Å²) >= 11 is 1.56. The number of rotatable bonds is 4. The average molecular weight is 239 g/mol. The van der Waals surface area contributed by atoms with E-state index in [1.165, 1.54) is 0 Å². The van der Waals surface area contributed by atoms with Crippen LogP contribution >= 0.6 is 11.3 Å². The van der Waals surface area contributed by atoms with Crippen LogP contribution in [0.1, 0.15) is 24.3 Å². The first-order chi connectivity index (χ1) is 7.81. The van der Waals surface area contributed by atoms with Crippen molar-refractivity contribution in [1.29, 1.82) is 0 Å². The maximum Gasteiger partial charge on any atom is 0.223 e. The van der Waals surface area contributed by atoms with E-state index >= 15 is 0 Å². The van der Waals surface area contributed by atoms with Crippen LogP contribution in [0.2, 0.25) is 0 Å². The van der Waals surface area contributed by atoms with E-state index in [-0.39, 0.29) is 11.8 Å². The molecule has 0 spiro atoms. The van der Waals surface area contributed by atoms with Gasteiger partial charge in [-0.1, -0.05) is 6.42 Å². The molecule has 1 fully saturated rings. The van der Waals surface area contributed by atoms with Crippen LogP contribution in [0.3, 0.4) is 0 Å². The van der Waals surface area contributed by atoms with Crippen LogP contribution in [0.15, 0.2) is 11.6 Å². The van der Waals surface area contributed by atoms with Crippen LogP contribution in [-0.2, 0) is 11.3 Å². The van der Waals surface area contributed by atoms with Gasteiger partial charge in [0.1, 0.15) is 5.01 Å². The minimum Gasteiger partial charge on any atom is -0.349 e. The van der Waals surface area contributed by atoms with Gasteiger partial charge in [0.05, 0.1) is 6.54 Å². The lowest BCUT2D eigenvalue weighted by molar-refractivity contribution is -0.126. The Kier molecular flexibility index (Phi) is 3.90. The maximum atomic E-state index is 11.9. The number of carbonyl (C=O) groups is 1. The number of hydrogen-bond acceptors (Lipinski definition) is 4.